The highest BCUT2D eigenvalue weighted by Gasteiger charge is 2.18. The maximum absolute atomic E-state index is 11.8. The summed E-state index contributed by atoms with van der Waals surface area (Å²) in [5, 5.41) is 0. The van der Waals surface area contributed by atoms with Crippen molar-refractivity contribution in [3.63, 3.8) is 0 Å². The van der Waals surface area contributed by atoms with E-state index in [9.17, 15) is 14.4 Å². The van der Waals surface area contributed by atoms with Crippen molar-refractivity contribution >= 4 is 23.4 Å². The first-order valence-electron chi connectivity index (χ1n) is 5.42. The Morgan fingerprint density at radius 2 is 1.72 bits per heavy atom. The molecule has 88 valence electrons. The van der Waals surface area contributed by atoms with Crippen molar-refractivity contribution < 1.29 is 14.4 Å². The number of carbonyl (C=O) groups is 3. The Morgan fingerprint density at radius 3 is 2.44 bits per heavy atom. The summed E-state index contributed by atoms with van der Waals surface area (Å²) in [5.74, 6) is -1.23. The minimum Gasteiger partial charge on any atom is -0.290 e. The van der Waals surface area contributed by atoms with Crippen LogP contribution in [0.3, 0.4) is 0 Å². The van der Waals surface area contributed by atoms with Crippen LogP contribution < -0.4 is 0 Å². The monoisotopic (exact) mass is 238 g/mol. The van der Waals surface area contributed by atoms with E-state index in [0.717, 1.165) is 23.8 Å². The van der Waals surface area contributed by atoms with Gasteiger partial charge in [-0.2, -0.15) is 0 Å². The minimum absolute atomic E-state index is 0.0883. The Balaban J connectivity index is 2.16. The first-order valence-corrected chi connectivity index (χ1v) is 5.42. The Kier molecular flexibility index (Phi) is 3.44. The first-order chi connectivity index (χ1) is 8.66. The second-order valence-corrected chi connectivity index (χ2v) is 3.77. The molecule has 0 N–H and O–H groups in total. The van der Waals surface area contributed by atoms with Gasteiger partial charge in [0.25, 0.3) is 0 Å². The predicted molar refractivity (Wildman–Crippen MR) is 67.7 cm³/mol. The number of hydrogen-bond acceptors (Lipinski definition) is 3. The summed E-state index contributed by atoms with van der Waals surface area (Å²) in [6.45, 7) is 0. The van der Waals surface area contributed by atoms with Crippen LogP contribution in [-0.4, -0.2) is 17.3 Å². The second-order valence-electron chi connectivity index (χ2n) is 3.77. The van der Waals surface area contributed by atoms with E-state index in [1.54, 1.807) is 6.08 Å². The zero-order valence-electron chi connectivity index (χ0n) is 9.50. The molecule has 0 saturated heterocycles. The van der Waals surface area contributed by atoms with Crippen LogP contribution >= 0.6 is 0 Å². The van der Waals surface area contributed by atoms with Crippen LogP contribution in [0.4, 0.5) is 0 Å². The molecule has 0 aromatic heterocycles. The zero-order chi connectivity index (χ0) is 13.0. The van der Waals surface area contributed by atoms with E-state index in [2.05, 4.69) is 0 Å². The van der Waals surface area contributed by atoms with Crippen LogP contribution in [0.25, 0.3) is 6.08 Å². The average Bonchev–Trinajstić information content (AvgIpc) is 2.40. The summed E-state index contributed by atoms with van der Waals surface area (Å²) >= 11 is 0. The number of allylic oxidation sites excluding steroid dienone is 5. The van der Waals surface area contributed by atoms with Crippen molar-refractivity contribution in [2.75, 3.05) is 0 Å². The molecule has 2 rings (SSSR count). The van der Waals surface area contributed by atoms with Gasteiger partial charge in [0.2, 0.25) is 0 Å². The van der Waals surface area contributed by atoms with Crippen molar-refractivity contribution in [1.82, 2.24) is 0 Å². The van der Waals surface area contributed by atoms with Gasteiger partial charge in [0.1, 0.15) is 0 Å². The van der Waals surface area contributed by atoms with E-state index >= 15 is 0 Å². The van der Waals surface area contributed by atoms with Crippen LogP contribution in [0.5, 0.6) is 0 Å². The predicted octanol–water partition coefficient (Wildman–Crippen LogP) is 1.90. The third-order valence-corrected chi connectivity index (χ3v) is 2.44. The van der Waals surface area contributed by atoms with Gasteiger partial charge in [-0.25, -0.2) is 0 Å². The van der Waals surface area contributed by atoms with Gasteiger partial charge in [-0.3, -0.25) is 14.4 Å². The summed E-state index contributed by atoms with van der Waals surface area (Å²) in [4.78, 5) is 34.3. The van der Waals surface area contributed by atoms with Crippen molar-refractivity contribution in [3.8, 4) is 0 Å². The van der Waals surface area contributed by atoms with E-state index in [1.165, 1.54) is 6.08 Å². The van der Waals surface area contributed by atoms with Crippen LogP contribution in [0.1, 0.15) is 5.56 Å². The molecule has 0 spiro atoms. The summed E-state index contributed by atoms with van der Waals surface area (Å²) in [7, 11) is 0. The highest BCUT2D eigenvalue weighted by Crippen LogP contribution is 2.09. The number of hydrogen-bond donors (Lipinski definition) is 0. The van der Waals surface area contributed by atoms with E-state index in [-0.39, 0.29) is 11.4 Å². The lowest BCUT2D eigenvalue weighted by atomic mass is 9.99. The van der Waals surface area contributed by atoms with Crippen molar-refractivity contribution in [2.45, 2.75) is 0 Å². The van der Waals surface area contributed by atoms with Gasteiger partial charge in [-0.1, -0.05) is 36.4 Å². The van der Waals surface area contributed by atoms with Gasteiger partial charge < -0.3 is 0 Å². The molecule has 0 atom stereocenters. The van der Waals surface area contributed by atoms with Gasteiger partial charge in [0.15, 0.2) is 17.3 Å². The summed E-state index contributed by atoms with van der Waals surface area (Å²) in [5.41, 5.74) is 0.770. The smallest absolute Gasteiger partial charge is 0.190 e. The highest BCUT2D eigenvalue weighted by molar-refractivity contribution is 6.33. The number of ketones is 3. The molecule has 0 unspecified atom stereocenters. The summed E-state index contributed by atoms with van der Waals surface area (Å²) in [6.07, 6.45) is 6.25. The van der Waals surface area contributed by atoms with Crippen LogP contribution in [-0.2, 0) is 14.4 Å². The van der Waals surface area contributed by atoms with Gasteiger partial charge in [-0.15, -0.1) is 0 Å². The standard InChI is InChI=1S/C15H10O3/c16-12-7-9-15(18)13(10-12)14(17)8-6-11-4-2-1-3-5-11/h1-10H. The number of rotatable bonds is 3. The van der Waals surface area contributed by atoms with Gasteiger partial charge in [0.05, 0.1) is 5.57 Å². The maximum atomic E-state index is 11.8. The molecular formula is C15H10O3. The minimum atomic E-state index is -0.457. The molecule has 1 aromatic carbocycles. The fourth-order valence-electron chi connectivity index (χ4n) is 1.53. The van der Waals surface area contributed by atoms with Gasteiger partial charge >= 0.3 is 0 Å². The van der Waals surface area contributed by atoms with Gasteiger partial charge in [-0.05, 0) is 23.8 Å². The van der Waals surface area contributed by atoms with E-state index in [4.69, 9.17) is 0 Å². The Morgan fingerprint density at radius 1 is 1.00 bits per heavy atom. The molecule has 1 aliphatic rings. The molecule has 0 fully saturated rings. The molecular weight excluding hydrogens is 228 g/mol. The normalized spacial score (nSPS) is 15.0. The molecule has 0 amide bonds. The Labute approximate surface area is 104 Å². The molecule has 0 aliphatic heterocycles. The second kappa shape index (κ2) is 5.19. The topological polar surface area (TPSA) is 51.2 Å². The molecule has 18 heavy (non-hydrogen) atoms. The molecule has 0 radical (unpaired) electrons. The Bertz CT molecular complexity index is 589. The third kappa shape index (κ3) is 2.77. The number of benzene rings is 1. The van der Waals surface area contributed by atoms with E-state index in [1.807, 2.05) is 30.3 Å². The summed E-state index contributed by atoms with van der Waals surface area (Å²) < 4.78 is 0. The quantitative estimate of drug-likeness (QED) is 0.459. The molecule has 0 saturated carbocycles. The lowest BCUT2D eigenvalue weighted by Crippen LogP contribution is -2.14. The van der Waals surface area contributed by atoms with Crippen LogP contribution in [0.2, 0.25) is 0 Å². The Hall–Kier alpha value is -2.55. The molecule has 3 heteroatoms. The maximum Gasteiger partial charge on any atom is 0.190 e. The fraction of sp³-hybridized carbons (Fsp3) is 0. The third-order valence-electron chi connectivity index (χ3n) is 2.44. The van der Waals surface area contributed by atoms with Crippen LogP contribution in [0, 0.1) is 0 Å². The van der Waals surface area contributed by atoms with Gasteiger partial charge in [0, 0.05) is 6.08 Å². The zero-order valence-corrected chi connectivity index (χ0v) is 9.50. The van der Waals surface area contributed by atoms with E-state index < -0.39 is 11.6 Å². The lowest BCUT2D eigenvalue weighted by molar-refractivity contribution is -0.118. The highest BCUT2D eigenvalue weighted by atomic mass is 16.2. The molecule has 0 heterocycles. The number of carbonyl (C=O) groups excluding carboxylic acids is 3. The summed E-state index contributed by atoms with van der Waals surface area (Å²) in [6, 6.07) is 9.25. The molecule has 3 nitrogen and oxygen atoms in total. The van der Waals surface area contributed by atoms with Crippen molar-refractivity contribution in [3.05, 3.63) is 65.8 Å². The molecule has 1 aliphatic carbocycles. The van der Waals surface area contributed by atoms with Crippen LogP contribution in [0.15, 0.2) is 60.2 Å². The van der Waals surface area contributed by atoms with E-state index in [0.29, 0.717) is 0 Å². The lowest BCUT2D eigenvalue weighted by Gasteiger charge is -2.02. The fourth-order valence-corrected chi connectivity index (χ4v) is 1.53. The van der Waals surface area contributed by atoms with Crippen molar-refractivity contribution in [2.24, 2.45) is 0 Å². The molecule has 1 aromatic rings. The average molecular weight is 238 g/mol. The first kappa shape index (κ1) is 11.9. The largest absolute Gasteiger partial charge is 0.290 e. The molecule has 0 bridgehead atoms. The SMILES string of the molecule is O=C1C=CC(=O)C(C(=O)C=Cc2ccccc2)=C1. The van der Waals surface area contributed by atoms with Crippen molar-refractivity contribution in [1.29, 1.82) is 0 Å².